The predicted molar refractivity (Wildman–Crippen MR) is 298 cm³/mol. The number of phosphoric ester groups is 1. The van der Waals surface area contributed by atoms with Crippen molar-refractivity contribution in [3.8, 4) is 0 Å². The molecule has 3 atom stereocenters. The summed E-state index contributed by atoms with van der Waals surface area (Å²) in [6.45, 7) is 4.54. The van der Waals surface area contributed by atoms with Crippen molar-refractivity contribution in [1.29, 1.82) is 0 Å². The van der Waals surface area contributed by atoms with Crippen molar-refractivity contribution in [1.82, 2.24) is 0 Å². The fourth-order valence-electron chi connectivity index (χ4n) is 7.87. The summed E-state index contributed by atoms with van der Waals surface area (Å²) < 4.78 is 39.5. The summed E-state index contributed by atoms with van der Waals surface area (Å²) >= 11 is 0. The van der Waals surface area contributed by atoms with Gasteiger partial charge in [-0.3, -0.25) is 23.4 Å². The molecule has 0 spiro atoms. The van der Waals surface area contributed by atoms with Gasteiger partial charge in [-0.1, -0.05) is 204 Å². The molecule has 0 aliphatic rings. The maximum atomic E-state index is 12.9. The van der Waals surface area contributed by atoms with E-state index in [0.717, 1.165) is 109 Å². The monoisotopic (exact) mass is 1030 g/mol. The average Bonchev–Trinajstić information content (AvgIpc) is 3.37. The zero-order chi connectivity index (χ0) is 52.7. The smallest absolute Gasteiger partial charge is 0.462 e. The fraction of sp³-hybridized carbons (Fsp3) is 0.783. The highest BCUT2D eigenvalue weighted by atomic mass is 31.2. The lowest BCUT2D eigenvalue weighted by Crippen LogP contribution is -2.30. The highest BCUT2D eigenvalue weighted by molar-refractivity contribution is 7.47. The van der Waals surface area contributed by atoms with E-state index in [4.69, 9.17) is 23.3 Å². The normalized spacial score (nSPS) is 13.8. The first-order chi connectivity index (χ1) is 35.2. The number of esters is 3. The number of carbonyl (C=O) groups is 3. The second kappa shape index (κ2) is 54.4. The molecule has 0 heterocycles. The van der Waals surface area contributed by atoms with Gasteiger partial charge in [0, 0.05) is 19.3 Å². The van der Waals surface area contributed by atoms with Gasteiger partial charge in [-0.15, -0.1) is 0 Å². The maximum absolute atomic E-state index is 12.9. The Hall–Kier alpha value is -2.82. The molecule has 12 heteroatoms. The molecule has 0 aromatic heterocycles. The summed E-state index contributed by atoms with van der Waals surface area (Å²) in [5.74, 6) is -1.48. The first-order valence-corrected chi connectivity index (χ1v) is 30.7. The number of unbranched alkanes of at least 4 members (excludes halogenated alkanes) is 27. The quantitative estimate of drug-likeness (QED) is 0.0197. The Bertz CT molecular complexity index is 1440. The van der Waals surface area contributed by atoms with Gasteiger partial charge >= 0.3 is 25.7 Å². The molecule has 0 rings (SSSR count). The van der Waals surface area contributed by atoms with Gasteiger partial charge in [0.1, 0.15) is 12.7 Å². The topological polar surface area (TPSA) is 155 Å². The zero-order valence-electron chi connectivity index (χ0n) is 46.1. The fourth-order valence-corrected chi connectivity index (χ4v) is 8.65. The molecule has 0 fully saturated rings. The molecule has 418 valence electrons. The molecule has 0 bridgehead atoms. The summed E-state index contributed by atoms with van der Waals surface area (Å²) in [5.41, 5.74) is 0. The van der Waals surface area contributed by atoms with Gasteiger partial charge < -0.3 is 24.2 Å². The number of rotatable bonds is 54. The van der Waals surface area contributed by atoms with E-state index < -0.39 is 57.8 Å². The summed E-state index contributed by atoms with van der Waals surface area (Å²) in [4.78, 5) is 48.5. The molecule has 2 N–H and O–H groups in total. The Morgan fingerprint density at radius 3 is 1.08 bits per heavy atom. The molecule has 0 aromatic carbocycles. The number of allylic oxidation sites excluding steroid dienone is 10. The van der Waals surface area contributed by atoms with Crippen molar-refractivity contribution in [2.75, 3.05) is 26.4 Å². The van der Waals surface area contributed by atoms with E-state index in [1.807, 2.05) is 0 Å². The molecule has 0 aromatic rings. The number of ether oxygens (including phenoxy) is 3. The number of aliphatic hydroxyl groups excluding tert-OH is 1. The Labute approximate surface area is 440 Å². The van der Waals surface area contributed by atoms with Crippen LogP contribution in [0.1, 0.15) is 265 Å². The molecule has 0 radical (unpaired) electrons. The third kappa shape index (κ3) is 52.1. The third-order valence-corrected chi connectivity index (χ3v) is 13.3. The minimum absolute atomic E-state index is 0.156. The number of aliphatic hydroxyl groups is 1. The maximum Gasteiger partial charge on any atom is 0.472 e. The highest BCUT2D eigenvalue weighted by Crippen LogP contribution is 2.43. The van der Waals surface area contributed by atoms with E-state index in [2.05, 4.69) is 81.5 Å². The van der Waals surface area contributed by atoms with E-state index in [1.165, 1.54) is 96.3 Å². The lowest BCUT2D eigenvalue weighted by molar-refractivity contribution is -0.161. The van der Waals surface area contributed by atoms with Crippen molar-refractivity contribution in [3.63, 3.8) is 0 Å². The van der Waals surface area contributed by atoms with Crippen LogP contribution in [-0.4, -0.2) is 66.5 Å². The third-order valence-electron chi connectivity index (χ3n) is 12.4. The van der Waals surface area contributed by atoms with Gasteiger partial charge in [-0.05, 0) is 103 Å². The second-order valence-electron chi connectivity index (χ2n) is 19.4. The van der Waals surface area contributed by atoms with E-state index in [0.29, 0.717) is 19.3 Å². The van der Waals surface area contributed by atoms with E-state index >= 15 is 0 Å². The molecule has 0 saturated heterocycles. The van der Waals surface area contributed by atoms with Crippen molar-refractivity contribution >= 4 is 25.7 Å². The first-order valence-electron chi connectivity index (χ1n) is 29.2. The number of hydrogen-bond acceptors (Lipinski definition) is 10. The Kier molecular flexibility index (Phi) is 52.3. The molecule has 0 aliphatic heterocycles. The van der Waals surface area contributed by atoms with Crippen LogP contribution in [-0.2, 0) is 42.2 Å². The van der Waals surface area contributed by atoms with E-state index in [1.54, 1.807) is 0 Å². The minimum Gasteiger partial charge on any atom is -0.462 e. The number of phosphoric acid groups is 1. The Morgan fingerprint density at radius 2 is 0.694 bits per heavy atom. The Morgan fingerprint density at radius 1 is 0.389 bits per heavy atom. The van der Waals surface area contributed by atoms with E-state index in [9.17, 15) is 28.9 Å². The zero-order valence-corrected chi connectivity index (χ0v) is 47.0. The van der Waals surface area contributed by atoms with Gasteiger partial charge in [-0.25, -0.2) is 4.57 Å². The molecular formula is C60H107O11P. The average molecular weight is 1040 g/mol. The SMILES string of the molecule is CCCC/C=C\CCCCCCCC(=O)OC(CO)COP(=O)(O)OCC(COC(=O)CCCCCCCCC/C=C\C/C=C\CCCCC)OC(=O)CCCCCCCCC/C=C\C/C=C\CCCCC. The number of carbonyl (C=O) groups excluding carboxylic acids is 3. The van der Waals surface area contributed by atoms with Gasteiger partial charge in [0.25, 0.3) is 0 Å². The minimum atomic E-state index is -4.75. The lowest BCUT2D eigenvalue weighted by Gasteiger charge is -2.21. The van der Waals surface area contributed by atoms with Gasteiger partial charge in [0.2, 0.25) is 0 Å². The molecule has 0 aliphatic carbocycles. The molecule has 0 amide bonds. The summed E-state index contributed by atoms with van der Waals surface area (Å²) in [6, 6.07) is 0. The van der Waals surface area contributed by atoms with Crippen LogP contribution < -0.4 is 0 Å². The summed E-state index contributed by atoms with van der Waals surface area (Å²) in [5, 5.41) is 9.79. The van der Waals surface area contributed by atoms with Crippen LogP contribution in [0.3, 0.4) is 0 Å². The molecule has 3 unspecified atom stereocenters. The second-order valence-corrected chi connectivity index (χ2v) is 20.9. The summed E-state index contributed by atoms with van der Waals surface area (Å²) in [6.07, 6.45) is 58.9. The van der Waals surface area contributed by atoms with Gasteiger partial charge in [0.05, 0.1) is 19.8 Å². The predicted octanol–water partition coefficient (Wildman–Crippen LogP) is 17.1. The molecule has 72 heavy (non-hydrogen) atoms. The van der Waals surface area contributed by atoms with Crippen LogP contribution in [0.25, 0.3) is 0 Å². The van der Waals surface area contributed by atoms with Crippen LogP contribution in [0.4, 0.5) is 0 Å². The van der Waals surface area contributed by atoms with Crippen molar-refractivity contribution in [3.05, 3.63) is 60.8 Å². The summed E-state index contributed by atoms with van der Waals surface area (Å²) in [7, 11) is -4.75. The highest BCUT2D eigenvalue weighted by Gasteiger charge is 2.28. The Balaban J connectivity index is 4.75. The lowest BCUT2D eigenvalue weighted by atomic mass is 10.1. The largest absolute Gasteiger partial charge is 0.472 e. The molecule has 11 nitrogen and oxygen atoms in total. The van der Waals surface area contributed by atoms with Crippen molar-refractivity contribution in [2.45, 2.75) is 277 Å². The van der Waals surface area contributed by atoms with Gasteiger partial charge in [-0.2, -0.15) is 0 Å². The van der Waals surface area contributed by atoms with Crippen LogP contribution in [0.15, 0.2) is 60.8 Å². The van der Waals surface area contributed by atoms with Crippen LogP contribution >= 0.6 is 7.82 Å². The van der Waals surface area contributed by atoms with E-state index in [-0.39, 0.29) is 25.9 Å². The van der Waals surface area contributed by atoms with Crippen LogP contribution in [0, 0.1) is 0 Å². The van der Waals surface area contributed by atoms with Crippen molar-refractivity contribution in [2.24, 2.45) is 0 Å². The van der Waals surface area contributed by atoms with Crippen LogP contribution in [0.2, 0.25) is 0 Å². The standard InChI is InChI=1S/C60H107O11P/c1-4-7-10-13-16-19-22-24-26-28-30-32-35-37-40-43-46-49-58(62)67-53-57(71-60(64)51-48-45-42-39-36-33-31-29-27-25-23-20-17-14-11-8-5-2)55-69-72(65,66)68-54-56(52-61)70-59(63)50-47-44-41-38-34-21-18-15-12-9-6-3/h15-20,24-27,56-57,61H,4-14,21-23,28-55H2,1-3H3,(H,65,66)/b18-15-,19-16-,20-17-,26-24-,27-25-. The number of hydrogen-bond donors (Lipinski definition) is 2. The van der Waals surface area contributed by atoms with Crippen molar-refractivity contribution < 1.29 is 52.2 Å². The molecular weight excluding hydrogens is 928 g/mol. The molecule has 0 saturated carbocycles. The van der Waals surface area contributed by atoms with Crippen LogP contribution in [0.5, 0.6) is 0 Å². The first kappa shape index (κ1) is 69.2. The van der Waals surface area contributed by atoms with Gasteiger partial charge in [0.15, 0.2) is 6.10 Å².